The van der Waals surface area contributed by atoms with Gasteiger partial charge in [0.25, 0.3) is 0 Å². The molecule has 0 aliphatic rings. The van der Waals surface area contributed by atoms with E-state index in [-0.39, 0.29) is 18.6 Å². The molecule has 0 aromatic heterocycles. The molecule has 0 saturated carbocycles. The van der Waals surface area contributed by atoms with Crippen LogP contribution in [0, 0.1) is 0 Å². The summed E-state index contributed by atoms with van der Waals surface area (Å²) in [5, 5.41) is 10.2. The Morgan fingerprint density at radius 2 is 1.76 bits per heavy atom. The number of ether oxygens (including phenoxy) is 2. The van der Waals surface area contributed by atoms with E-state index in [1.807, 2.05) is 6.07 Å². The topological polar surface area (TPSA) is 72.8 Å². The van der Waals surface area contributed by atoms with Crippen molar-refractivity contribution in [3.8, 4) is 11.5 Å². The van der Waals surface area contributed by atoms with E-state index in [2.05, 4.69) is 0 Å². The van der Waals surface area contributed by atoms with Gasteiger partial charge in [0.2, 0.25) is 0 Å². The Hall–Kier alpha value is -2.56. The normalized spacial score (nSPS) is 10.4. The van der Waals surface area contributed by atoms with Crippen LogP contribution in [0.4, 0.5) is 0 Å². The number of methoxy groups -OCH3 is 2. The summed E-state index contributed by atoms with van der Waals surface area (Å²) in [5.74, 6) is 0.0857. The summed E-state index contributed by atoms with van der Waals surface area (Å²) in [6.07, 6.45) is -0.218. The monoisotopic (exact) mass is 288 g/mol. The summed E-state index contributed by atoms with van der Waals surface area (Å²) in [4.78, 5) is 22.8. The first-order chi connectivity index (χ1) is 10.1. The number of rotatable bonds is 6. The van der Waals surface area contributed by atoms with Crippen LogP contribution in [0.15, 0.2) is 30.3 Å². The van der Waals surface area contributed by atoms with E-state index < -0.39 is 5.97 Å². The Kier molecular flexibility index (Phi) is 4.42. The van der Waals surface area contributed by atoms with Gasteiger partial charge >= 0.3 is 5.97 Å². The highest BCUT2D eigenvalue weighted by Crippen LogP contribution is 2.32. The number of carbonyl (C=O) groups excluding carboxylic acids is 1. The van der Waals surface area contributed by atoms with E-state index in [0.717, 1.165) is 5.39 Å². The lowest BCUT2D eigenvalue weighted by molar-refractivity contribution is -0.136. The van der Waals surface area contributed by atoms with Crippen LogP contribution in [0.1, 0.15) is 23.2 Å². The second kappa shape index (κ2) is 6.26. The lowest BCUT2D eigenvalue weighted by Crippen LogP contribution is -2.05. The van der Waals surface area contributed by atoms with Gasteiger partial charge in [0.1, 0.15) is 11.5 Å². The molecule has 5 nitrogen and oxygen atoms in total. The highest BCUT2D eigenvalue weighted by molar-refractivity contribution is 6.10. The summed E-state index contributed by atoms with van der Waals surface area (Å²) in [6.45, 7) is 0. The molecule has 0 radical (unpaired) electrons. The number of hydrogen-bond acceptors (Lipinski definition) is 4. The minimum atomic E-state index is -0.987. The molecule has 0 fully saturated rings. The van der Waals surface area contributed by atoms with Crippen LogP contribution in [-0.4, -0.2) is 31.1 Å². The Bertz CT molecular complexity index is 690. The van der Waals surface area contributed by atoms with Gasteiger partial charge in [-0.3, -0.25) is 9.59 Å². The lowest BCUT2D eigenvalue weighted by Gasteiger charge is -2.11. The first kappa shape index (κ1) is 14.8. The fourth-order valence-electron chi connectivity index (χ4n) is 2.20. The van der Waals surface area contributed by atoms with Crippen LogP contribution in [0.3, 0.4) is 0 Å². The van der Waals surface area contributed by atoms with Crippen molar-refractivity contribution >= 4 is 22.5 Å². The van der Waals surface area contributed by atoms with Crippen molar-refractivity contribution in [1.29, 1.82) is 0 Å². The number of carboxylic acid groups (broad SMARTS) is 1. The number of carboxylic acids is 1. The molecule has 0 aliphatic heterocycles. The number of Topliss-reactive ketones (excluding diaryl/α,β-unsaturated/α-hetero) is 1. The van der Waals surface area contributed by atoms with Gasteiger partial charge in [-0.15, -0.1) is 0 Å². The van der Waals surface area contributed by atoms with Gasteiger partial charge in [0.15, 0.2) is 5.78 Å². The number of benzene rings is 2. The van der Waals surface area contributed by atoms with Gasteiger partial charge in [0.05, 0.1) is 20.6 Å². The molecule has 110 valence electrons. The molecule has 1 N–H and O–H groups in total. The molecule has 2 rings (SSSR count). The number of carbonyl (C=O) groups is 2. The SMILES string of the molecule is COc1ccc2c(OC)ccc(C(=O)CCC(=O)O)c2c1. The van der Waals surface area contributed by atoms with Gasteiger partial charge in [-0.05, 0) is 35.7 Å². The third-order valence-electron chi connectivity index (χ3n) is 3.27. The average molecular weight is 288 g/mol. The molecule has 0 unspecified atom stereocenters. The summed E-state index contributed by atoms with van der Waals surface area (Å²) in [5.41, 5.74) is 0.478. The Balaban J connectivity index is 2.52. The van der Waals surface area contributed by atoms with Crippen molar-refractivity contribution in [3.63, 3.8) is 0 Å². The largest absolute Gasteiger partial charge is 0.497 e. The van der Waals surface area contributed by atoms with Gasteiger partial charge in [-0.25, -0.2) is 0 Å². The standard InChI is InChI=1S/C16H16O5/c1-20-10-3-4-12-13(9-10)11(5-7-15(12)21-2)14(17)6-8-16(18)19/h3-5,7,9H,6,8H2,1-2H3,(H,18,19). The predicted molar refractivity (Wildman–Crippen MR) is 78.3 cm³/mol. The molecule has 5 heteroatoms. The van der Waals surface area contributed by atoms with Crippen LogP contribution in [0.5, 0.6) is 11.5 Å². The van der Waals surface area contributed by atoms with E-state index in [0.29, 0.717) is 22.4 Å². The molecule has 0 bridgehead atoms. The van der Waals surface area contributed by atoms with Gasteiger partial charge in [0, 0.05) is 17.4 Å². The third-order valence-corrected chi connectivity index (χ3v) is 3.27. The highest BCUT2D eigenvalue weighted by Gasteiger charge is 2.14. The maximum absolute atomic E-state index is 12.2. The van der Waals surface area contributed by atoms with Crippen molar-refractivity contribution in [2.24, 2.45) is 0 Å². The van der Waals surface area contributed by atoms with Crippen LogP contribution >= 0.6 is 0 Å². The Morgan fingerprint density at radius 3 is 2.38 bits per heavy atom. The number of fused-ring (bicyclic) bond motifs is 1. The first-order valence-corrected chi connectivity index (χ1v) is 6.46. The van der Waals surface area contributed by atoms with E-state index in [9.17, 15) is 9.59 Å². The fraction of sp³-hybridized carbons (Fsp3) is 0.250. The third kappa shape index (κ3) is 3.13. The number of ketones is 1. The smallest absolute Gasteiger partial charge is 0.303 e. The Labute approximate surface area is 122 Å². The van der Waals surface area contributed by atoms with Gasteiger partial charge < -0.3 is 14.6 Å². The van der Waals surface area contributed by atoms with Crippen molar-refractivity contribution in [2.45, 2.75) is 12.8 Å². The zero-order valence-corrected chi connectivity index (χ0v) is 11.9. The van der Waals surface area contributed by atoms with Crippen LogP contribution < -0.4 is 9.47 Å². The predicted octanol–water partition coefficient (Wildman–Crippen LogP) is 2.90. The molecule has 0 spiro atoms. The zero-order valence-electron chi connectivity index (χ0n) is 11.9. The molecule has 0 heterocycles. The van der Waals surface area contributed by atoms with Crippen LogP contribution in [0.2, 0.25) is 0 Å². The zero-order chi connectivity index (χ0) is 15.4. The van der Waals surface area contributed by atoms with E-state index >= 15 is 0 Å². The van der Waals surface area contributed by atoms with Crippen LogP contribution in [-0.2, 0) is 4.79 Å². The average Bonchev–Trinajstić information content (AvgIpc) is 2.50. The molecular formula is C16H16O5. The van der Waals surface area contributed by atoms with Gasteiger partial charge in [-0.1, -0.05) is 0 Å². The van der Waals surface area contributed by atoms with Crippen molar-refractivity contribution < 1.29 is 24.2 Å². The maximum atomic E-state index is 12.2. The summed E-state index contributed by atoms with van der Waals surface area (Å²) in [6, 6.07) is 8.73. The minimum Gasteiger partial charge on any atom is -0.497 e. The molecule has 2 aromatic rings. The molecule has 0 saturated heterocycles. The molecular weight excluding hydrogens is 272 g/mol. The Morgan fingerprint density at radius 1 is 1.00 bits per heavy atom. The van der Waals surface area contributed by atoms with E-state index in [4.69, 9.17) is 14.6 Å². The summed E-state index contributed by atoms with van der Waals surface area (Å²) < 4.78 is 10.5. The quantitative estimate of drug-likeness (QED) is 0.827. The first-order valence-electron chi connectivity index (χ1n) is 6.46. The molecule has 0 aliphatic carbocycles. The van der Waals surface area contributed by atoms with Crippen molar-refractivity contribution in [2.75, 3.05) is 14.2 Å². The summed E-state index contributed by atoms with van der Waals surface area (Å²) in [7, 11) is 3.11. The maximum Gasteiger partial charge on any atom is 0.303 e. The molecule has 21 heavy (non-hydrogen) atoms. The molecule has 0 amide bonds. The summed E-state index contributed by atoms with van der Waals surface area (Å²) >= 11 is 0. The van der Waals surface area contributed by atoms with Crippen molar-refractivity contribution in [1.82, 2.24) is 0 Å². The molecule has 0 atom stereocenters. The van der Waals surface area contributed by atoms with E-state index in [1.54, 1.807) is 38.5 Å². The lowest BCUT2D eigenvalue weighted by atomic mass is 9.98. The number of hydrogen-bond donors (Lipinski definition) is 1. The highest BCUT2D eigenvalue weighted by atomic mass is 16.5. The second-order valence-electron chi connectivity index (χ2n) is 4.54. The van der Waals surface area contributed by atoms with Gasteiger partial charge in [-0.2, -0.15) is 0 Å². The molecule has 2 aromatic carbocycles. The fourth-order valence-corrected chi connectivity index (χ4v) is 2.20. The van der Waals surface area contributed by atoms with Crippen LogP contribution in [0.25, 0.3) is 10.8 Å². The number of aliphatic carboxylic acids is 1. The van der Waals surface area contributed by atoms with Crippen molar-refractivity contribution in [3.05, 3.63) is 35.9 Å². The second-order valence-corrected chi connectivity index (χ2v) is 4.54. The minimum absolute atomic E-state index is 0.0338. The van der Waals surface area contributed by atoms with E-state index in [1.165, 1.54) is 0 Å².